The van der Waals surface area contributed by atoms with Gasteiger partial charge >= 0.3 is 0 Å². The number of ether oxygens (including phenoxy) is 1. The molecule has 0 aliphatic rings. The van der Waals surface area contributed by atoms with Gasteiger partial charge in [0.1, 0.15) is 10.6 Å². The second-order valence-corrected chi connectivity index (χ2v) is 10.3. The predicted molar refractivity (Wildman–Crippen MR) is 123 cm³/mol. The number of hydrogen-bond acceptors (Lipinski definition) is 6. The van der Waals surface area contributed by atoms with Gasteiger partial charge in [0.15, 0.2) is 5.82 Å². The van der Waals surface area contributed by atoms with E-state index in [-0.39, 0.29) is 16.5 Å². The molecule has 0 saturated heterocycles. The molecule has 4 rings (SSSR count). The normalized spacial score (nSPS) is 11.9. The van der Waals surface area contributed by atoms with Crippen LogP contribution in [0.5, 0.6) is 5.75 Å². The number of fused-ring (bicyclic) bond motifs is 1. The average Bonchev–Trinajstić information content (AvgIpc) is 3.29. The Bertz CT molecular complexity index is 1350. The van der Waals surface area contributed by atoms with Crippen molar-refractivity contribution in [3.8, 4) is 17.1 Å². The molecule has 0 amide bonds. The summed E-state index contributed by atoms with van der Waals surface area (Å²) in [5.41, 5.74) is 1.82. The van der Waals surface area contributed by atoms with Gasteiger partial charge in [-0.3, -0.25) is 0 Å². The minimum absolute atomic E-state index is 0.0369. The van der Waals surface area contributed by atoms with Gasteiger partial charge in [0.2, 0.25) is 15.0 Å². The molecule has 0 aliphatic heterocycles. The molecule has 7 nitrogen and oxygen atoms in total. The van der Waals surface area contributed by atoms with Crippen LogP contribution in [0, 0.1) is 6.92 Å². The first-order valence-electron chi connectivity index (χ1n) is 9.22. The van der Waals surface area contributed by atoms with Crippen LogP contribution >= 0.6 is 34.5 Å². The Labute approximate surface area is 193 Å². The number of aryl methyl sites for hydroxylation is 1. The standard InChI is InChI=1S/C20H18Cl2N4O3S2/c1-12-17(9-10-23-31(27,28)18-11-14(21)5-8-16(18)22)30-20-24-19(25-26(12)20)13-3-6-15(29-2)7-4-13/h3-8,11,23H,9-10H2,1-2H3. The first-order valence-corrected chi connectivity index (χ1v) is 12.3. The molecule has 0 spiro atoms. The van der Waals surface area contributed by atoms with Crippen LogP contribution in [0.1, 0.15) is 10.6 Å². The fourth-order valence-electron chi connectivity index (χ4n) is 3.04. The summed E-state index contributed by atoms with van der Waals surface area (Å²) in [4.78, 5) is 6.31. The maximum atomic E-state index is 12.6. The van der Waals surface area contributed by atoms with E-state index in [1.807, 2.05) is 31.2 Å². The van der Waals surface area contributed by atoms with Crippen molar-refractivity contribution < 1.29 is 13.2 Å². The molecule has 0 unspecified atom stereocenters. The van der Waals surface area contributed by atoms with Crippen molar-refractivity contribution in [2.45, 2.75) is 18.2 Å². The summed E-state index contributed by atoms with van der Waals surface area (Å²) in [5.74, 6) is 1.39. The first kappa shape index (κ1) is 22.0. The van der Waals surface area contributed by atoms with E-state index in [0.29, 0.717) is 17.3 Å². The molecule has 0 radical (unpaired) electrons. The Balaban J connectivity index is 1.48. The minimum Gasteiger partial charge on any atom is -0.497 e. The van der Waals surface area contributed by atoms with E-state index in [2.05, 4.69) is 14.8 Å². The van der Waals surface area contributed by atoms with Crippen molar-refractivity contribution >= 4 is 49.5 Å². The SMILES string of the molecule is COc1ccc(-c2nc3sc(CCNS(=O)(=O)c4cc(Cl)ccc4Cl)c(C)n3n2)cc1. The van der Waals surface area contributed by atoms with Gasteiger partial charge in [0, 0.05) is 22.0 Å². The highest BCUT2D eigenvalue weighted by molar-refractivity contribution is 7.89. The second-order valence-electron chi connectivity index (χ2n) is 6.69. The quantitative estimate of drug-likeness (QED) is 0.403. The maximum Gasteiger partial charge on any atom is 0.242 e. The van der Waals surface area contributed by atoms with Gasteiger partial charge in [-0.25, -0.2) is 17.7 Å². The molecule has 162 valence electrons. The number of nitrogens with one attached hydrogen (secondary N) is 1. The van der Waals surface area contributed by atoms with Crippen molar-refractivity contribution in [2.24, 2.45) is 0 Å². The summed E-state index contributed by atoms with van der Waals surface area (Å²) in [5, 5.41) is 5.02. The highest BCUT2D eigenvalue weighted by Crippen LogP contribution is 2.27. The summed E-state index contributed by atoms with van der Waals surface area (Å²) in [7, 11) is -2.15. The first-order chi connectivity index (χ1) is 14.8. The molecule has 2 aromatic carbocycles. The molecule has 4 aromatic rings. The fraction of sp³-hybridized carbons (Fsp3) is 0.200. The van der Waals surface area contributed by atoms with Gasteiger partial charge in [-0.1, -0.05) is 34.5 Å². The summed E-state index contributed by atoms with van der Waals surface area (Å²) < 4.78 is 34.7. The zero-order valence-corrected chi connectivity index (χ0v) is 19.7. The van der Waals surface area contributed by atoms with E-state index in [4.69, 9.17) is 27.9 Å². The molecule has 0 fully saturated rings. The zero-order chi connectivity index (χ0) is 22.2. The third-order valence-corrected chi connectivity index (χ3v) is 8.06. The average molecular weight is 497 g/mol. The lowest BCUT2D eigenvalue weighted by atomic mass is 10.2. The third kappa shape index (κ3) is 4.56. The molecule has 11 heteroatoms. The minimum atomic E-state index is -3.77. The molecule has 2 heterocycles. The number of thiazole rings is 1. The topological polar surface area (TPSA) is 85.6 Å². The molecule has 0 bridgehead atoms. The van der Waals surface area contributed by atoms with Crippen molar-refractivity contribution in [1.82, 2.24) is 19.3 Å². The van der Waals surface area contributed by atoms with Gasteiger partial charge < -0.3 is 4.74 Å². The van der Waals surface area contributed by atoms with Crippen LogP contribution in [0.15, 0.2) is 47.4 Å². The molecule has 0 atom stereocenters. The predicted octanol–water partition coefficient (Wildman–Crippen LogP) is 4.60. The summed E-state index contributed by atoms with van der Waals surface area (Å²) in [6.07, 6.45) is 0.497. The smallest absolute Gasteiger partial charge is 0.242 e. The molecule has 0 saturated carbocycles. The number of rotatable bonds is 7. The van der Waals surface area contributed by atoms with Crippen molar-refractivity contribution in [1.29, 1.82) is 0 Å². The maximum absolute atomic E-state index is 12.6. The van der Waals surface area contributed by atoms with E-state index >= 15 is 0 Å². The highest BCUT2D eigenvalue weighted by atomic mass is 35.5. The second kappa shape index (κ2) is 8.76. The van der Waals surface area contributed by atoms with Crippen LogP contribution in [0.3, 0.4) is 0 Å². The van der Waals surface area contributed by atoms with Crippen LogP contribution < -0.4 is 9.46 Å². The van der Waals surface area contributed by atoms with E-state index in [1.165, 1.54) is 23.5 Å². The Morgan fingerprint density at radius 3 is 2.58 bits per heavy atom. The third-order valence-electron chi connectivity index (χ3n) is 4.69. The largest absolute Gasteiger partial charge is 0.497 e. The summed E-state index contributed by atoms with van der Waals surface area (Å²) >= 11 is 13.4. The molecule has 31 heavy (non-hydrogen) atoms. The van der Waals surface area contributed by atoms with Gasteiger partial charge in [0.25, 0.3) is 0 Å². The molecule has 1 N–H and O–H groups in total. The summed E-state index contributed by atoms with van der Waals surface area (Å²) in [6.45, 7) is 2.15. The lowest BCUT2D eigenvalue weighted by Crippen LogP contribution is -2.26. The fourth-order valence-corrected chi connectivity index (χ4v) is 5.89. The molecular weight excluding hydrogens is 479 g/mol. The number of benzene rings is 2. The lowest BCUT2D eigenvalue weighted by Gasteiger charge is -2.08. The monoisotopic (exact) mass is 496 g/mol. The van der Waals surface area contributed by atoms with Gasteiger partial charge in [-0.2, -0.15) is 4.98 Å². The number of aromatic nitrogens is 3. The van der Waals surface area contributed by atoms with Crippen LogP contribution in [0.4, 0.5) is 0 Å². The van der Waals surface area contributed by atoms with Gasteiger partial charge in [0.05, 0.1) is 17.8 Å². The Morgan fingerprint density at radius 1 is 1.16 bits per heavy atom. The van der Waals surface area contributed by atoms with E-state index in [1.54, 1.807) is 17.7 Å². The Kier molecular flexibility index (Phi) is 6.23. The van der Waals surface area contributed by atoms with E-state index in [0.717, 1.165) is 26.8 Å². The van der Waals surface area contributed by atoms with Crippen molar-refractivity contribution in [3.63, 3.8) is 0 Å². The van der Waals surface area contributed by atoms with E-state index < -0.39 is 10.0 Å². The van der Waals surface area contributed by atoms with E-state index in [9.17, 15) is 8.42 Å². The highest BCUT2D eigenvalue weighted by Gasteiger charge is 2.19. The van der Waals surface area contributed by atoms with Gasteiger partial charge in [-0.05, 0) is 55.8 Å². The molecule has 0 aliphatic carbocycles. The number of halogens is 2. The molecule has 2 aromatic heterocycles. The molecular formula is C20H18Cl2N4O3S2. The zero-order valence-electron chi connectivity index (χ0n) is 16.6. The number of sulfonamides is 1. The van der Waals surface area contributed by atoms with Gasteiger partial charge in [-0.15, -0.1) is 5.10 Å². The number of nitrogens with zero attached hydrogens (tertiary/aromatic N) is 3. The van der Waals surface area contributed by atoms with Crippen LogP contribution in [0.2, 0.25) is 10.0 Å². The van der Waals surface area contributed by atoms with Crippen LogP contribution in [0.25, 0.3) is 16.3 Å². The van der Waals surface area contributed by atoms with Crippen molar-refractivity contribution in [2.75, 3.05) is 13.7 Å². The Hall–Kier alpha value is -2.17. The lowest BCUT2D eigenvalue weighted by molar-refractivity contribution is 0.415. The van der Waals surface area contributed by atoms with Crippen LogP contribution in [-0.2, 0) is 16.4 Å². The van der Waals surface area contributed by atoms with Crippen LogP contribution in [-0.4, -0.2) is 36.7 Å². The summed E-state index contributed by atoms with van der Waals surface area (Å²) in [6, 6.07) is 11.9. The van der Waals surface area contributed by atoms with Crippen molar-refractivity contribution in [3.05, 3.63) is 63.1 Å². The number of hydrogen-bond donors (Lipinski definition) is 1. The Morgan fingerprint density at radius 2 is 1.90 bits per heavy atom. The number of methoxy groups -OCH3 is 1.